The van der Waals surface area contributed by atoms with Crippen molar-refractivity contribution in [3.05, 3.63) is 22.4 Å². The van der Waals surface area contributed by atoms with Crippen molar-refractivity contribution >= 4 is 22.8 Å². The van der Waals surface area contributed by atoms with Crippen LogP contribution in [0.3, 0.4) is 0 Å². The largest absolute Gasteiger partial charge is 0.411 e. The maximum atomic E-state index is 11.0. The number of thiophene rings is 1. The third-order valence-electron chi connectivity index (χ3n) is 4.80. The van der Waals surface area contributed by atoms with Crippen LogP contribution in [-0.2, 0) is 0 Å². The molecule has 2 heterocycles. The first kappa shape index (κ1) is 15.5. The predicted octanol–water partition coefficient (Wildman–Crippen LogP) is 2.91. The zero-order valence-corrected chi connectivity index (χ0v) is 13.7. The second kappa shape index (κ2) is 5.33. The van der Waals surface area contributed by atoms with Crippen molar-refractivity contribution in [2.24, 2.45) is 5.16 Å². The van der Waals surface area contributed by atoms with E-state index in [0.29, 0.717) is 24.3 Å². The minimum absolute atomic E-state index is 0.412. The van der Waals surface area contributed by atoms with Gasteiger partial charge in [-0.15, -0.1) is 16.4 Å². The maximum Gasteiger partial charge on any atom is 0.331 e. The second-order valence-electron chi connectivity index (χ2n) is 6.43. The smallest absolute Gasteiger partial charge is 0.331 e. The summed E-state index contributed by atoms with van der Waals surface area (Å²) in [6.45, 7) is 3.72. The Morgan fingerprint density at radius 3 is 2.73 bits per heavy atom. The lowest BCUT2D eigenvalue weighted by Gasteiger charge is -2.32. The van der Waals surface area contributed by atoms with Gasteiger partial charge in [0.1, 0.15) is 10.4 Å². The van der Waals surface area contributed by atoms with Gasteiger partial charge in [0.15, 0.2) is 5.71 Å². The van der Waals surface area contributed by atoms with Crippen molar-refractivity contribution in [2.75, 3.05) is 0 Å². The van der Waals surface area contributed by atoms with Gasteiger partial charge in [-0.1, -0.05) is 17.6 Å². The summed E-state index contributed by atoms with van der Waals surface area (Å²) in [6.07, 6.45) is 3.78. The van der Waals surface area contributed by atoms with Crippen LogP contribution < -0.4 is 0 Å². The number of nitrogens with zero attached hydrogens (tertiary/aromatic N) is 3. The first-order valence-electron chi connectivity index (χ1n) is 7.57. The molecule has 3 rings (SSSR count). The molecule has 1 saturated carbocycles. The highest BCUT2D eigenvalue weighted by Crippen LogP contribution is 2.41. The van der Waals surface area contributed by atoms with E-state index in [2.05, 4.69) is 5.16 Å². The highest BCUT2D eigenvalue weighted by molar-refractivity contribution is 7.12. The summed E-state index contributed by atoms with van der Waals surface area (Å²) in [5.41, 5.74) is -0.934. The molecule has 120 valence electrons. The molecule has 1 atom stereocenters. The molecule has 1 aliphatic carbocycles. The van der Waals surface area contributed by atoms with E-state index < -0.39 is 11.2 Å². The van der Waals surface area contributed by atoms with Crippen LogP contribution in [0.5, 0.6) is 0 Å². The lowest BCUT2D eigenvalue weighted by Crippen LogP contribution is -2.59. The van der Waals surface area contributed by atoms with Crippen LogP contribution in [0.25, 0.3) is 0 Å². The summed E-state index contributed by atoms with van der Waals surface area (Å²) in [5, 5.41) is 37.9. The summed E-state index contributed by atoms with van der Waals surface area (Å²) in [5.74, 6) is 0. The van der Waals surface area contributed by atoms with E-state index in [9.17, 15) is 15.6 Å². The van der Waals surface area contributed by atoms with E-state index in [1.54, 1.807) is 0 Å². The van der Waals surface area contributed by atoms with Gasteiger partial charge in [0.25, 0.3) is 5.71 Å². The summed E-state index contributed by atoms with van der Waals surface area (Å²) in [6, 6.07) is 3.84. The molecule has 1 aliphatic heterocycles. The molecule has 3 N–H and O–H groups in total. The first-order valence-corrected chi connectivity index (χ1v) is 8.45. The normalized spacial score (nSPS) is 31.1. The molecule has 0 bridgehead atoms. The summed E-state index contributed by atoms with van der Waals surface area (Å²) in [7, 11) is 0. The lowest BCUT2D eigenvalue weighted by atomic mass is 9.94. The van der Waals surface area contributed by atoms with Gasteiger partial charge in [-0.3, -0.25) is 5.21 Å². The minimum atomic E-state index is -1.19. The highest BCUT2D eigenvalue weighted by Gasteiger charge is 2.68. The van der Waals surface area contributed by atoms with E-state index in [0.717, 1.165) is 33.9 Å². The number of hydroxylamine groups is 3. The molecule has 0 aromatic carbocycles. The van der Waals surface area contributed by atoms with E-state index in [4.69, 9.17) is 0 Å². The third-order valence-corrected chi connectivity index (χ3v) is 5.67. The Bertz CT molecular complexity index is 624. The first-order chi connectivity index (χ1) is 10.5. The molecule has 1 fully saturated rings. The van der Waals surface area contributed by atoms with Gasteiger partial charge >= 0.3 is 5.66 Å². The van der Waals surface area contributed by atoms with E-state index in [1.165, 1.54) is 11.3 Å². The molecular formula is C15H22N3O3S+. The number of hydrogen-bond donors (Lipinski definition) is 3. The number of rotatable bonds is 1. The molecule has 22 heavy (non-hydrogen) atoms. The Morgan fingerprint density at radius 2 is 2.09 bits per heavy atom. The molecule has 0 amide bonds. The Morgan fingerprint density at radius 1 is 1.32 bits per heavy atom. The molecule has 0 saturated heterocycles. The quantitative estimate of drug-likeness (QED) is 0.421. The Hall–Kier alpha value is -1.44. The zero-order valence-electron chi connectivity index (χ0n) is 12.9. The molecule has 6 nitrogen and oxygen atoms in total. The highest BCUT2D eigenvalue weighted by atomic mass is 32.1. The zero-order chi connectivity index (χ0) is 16.0. The molecular weight excluding hydrogens is 302 g/mol. The van der Waals surface area contributed by atoms with E-state index in [1.807, 2.05) is 31.4 Å². The van der Waals surface area contributed by atoms with Crippen LogP contribution in [0.4, 0.5) is 0 Å². The van der Waals surface area contributed by atoms with Gasteiger partial charge < -0.3 is 10.4 Å². The Labute approximate surface area is 133 Å². The fourth-order valence-corrected chi connectivity index (χ4v) is 4.60. The fraction of sp³-hybridized carbons (Fsp3) is 0.600. The van der Waals surface area contributed by atoms with Gasteiger partial charge in [-0.2, -0.15) is 0 Å². The van der Waals surface area contributed by atoms with E-state index >= 15 is 0 Å². The van der Waals surface area contributed by atoms with Gasteiger partial charge in [0.05, 0.1) is 0 Å². The second-order valence-corrected chi connectivity index (χ2v) is 7.38. The monoisotopic (exact) mass is 324 g/mol. The standard InChI is InChI=1S/C15H21N3O3S/c1-14(2)13(11-7-6-10-22-11)17(20)15(18(14)21)9-5-3-4-8-12(15)16-19/h6-7,10,21H,3-5,8-9H2,1-2H3,(H-,19,20)/p+1. The Kier molecular flexibility index (Phi) is 3.74. The van der Waals surface area contributed by atoms with Crippen LogP contribution in [0.2, 0.25) is 0 Å². The molecule has 1 aromatic rings. The molecule has 1 aromatic heterocycles. The number of hydrogen-bond acceptors (Lipinski definition) is 6. The van der Waals surface area contributed by atoms with Gasteiger partial charge in [0.2, 0.25) is 0 Å². The minimum Gasteiger partial charge on any atom is -0.411 e. The Balaban J connectivity index is 2.23. The summed E-state index contributed by atoms with van der Waals surface area (Å²) < 4.78 is 1.12. The fourth-order valence-electron chi connectivity index (χ4n) is 3.69. The van der Waals surface area contributed by atoms with Crippen molar-refractivity contribution < 1.29 is 20.4 Å². The van der Waals surface area contributed by atoms with Gasteiger partial charge in [-0.05, 0) is 44.6 Å². The van der Waals surface area contributed by atoms with Crippen molar-refractivity contribution in [2.45, 2.75) is 57.2 Å². The summed E-state index contributed by atoms with van der Waals surface area (Å²) in [4.78, 5) is 0.893. The third kappa shape index (κ3) is 1.92. The van der Waals surface area contributed by atoms with Crippen LogP contribution in [-0.4, -0.2) is 48.0 Å². The van der Waals surface area contributed by atoms with Crippen molar-refractivity contribution in [1.29, 1.82) is 0 Å². The average Bonchev–Trinajstić information content (AvgIpc) is 2.96. The van der Waals surface area contributed by atoms with Crippen LogP contribution in [0, 0.1) is 0 Å². The lowest BCUT2D eigenvalue weighted by molar-refractivity contribution is -0.827. The SMILES string of the molecule is CC1(C)C(c2cccs2)=[N+](O)C2(CCCCCC2=NO)N1O. The topological polar surface area (TPSA) is 79.3 Å². The molecule has 1 unspecified atom stereocenters. The van der Waals surface area contributed by atoms with Crippen LogP contribution in [0.1, 0.15) is 50.8 Å². The molecule has 7 heteroatoms. The van der Waals surface area contributed by atoms with Crippen molar-refractivity contribution in [3.63, 3.8) is 0 Å². The van der Waals surface area contributed by atoms with Crippen LogP contribution in [0.15, 0.2) is 22.7 Å². The average molecular weight is 324 g/mol. The maximum absolute atomic E-state index is 11.0. The predicted molar refractivity (Wildman–Crippen MR) is 83.2 cm³/mol. The summed E-state index contributed by atoms with van der Waals surface area (Å²) >= 11 is 1.51. The molecule has 0 radical (unpaired) electrons. The van der Waals surface area contributed by atoms with E-state index in [-0.39, 0.29) is 0 Å². The van der Waals surface area contributed by atoms with Crippen LogP contribution >= 0.6 is 11.3 Å². The molecule has 1 spiro atoms. The number of oxime groups is 1. The van der Waals surface area contributed by atoms with Gasteiger partial charge in [0, 0.05) is 11.2 Å². The van der Waals surface area contributed by atoms with Crippen molar-refractivity contribution in [1.82, 2.24) is 5.06 Å². The van der Waals surface area contributed by atoms with Gasteiger partial charge in [-0.25, -0.2) is 0 Å². The molecule has 2 aliphatic rings. The van der Waals surface area contributed by atoms with Crippen molar-refractivity contribution in [3.8, 4) is 0 Å².